The Bertz CT molecular complexity index is 603. The van der Waals surface area contributed by atoms with Crippen molar-refractivity contribution < 1.29 is 9.53 Å². The Balaban J connectivity index is 1.72. The van der Waals surface area contributed by atoms with Crippen LogP contribution in [0, 0.1) is 0 Å². The molecule has 0 aromatic heterocycles. The van der Waals surface area contributed by atoms with Gasteiger partial charge in [0.2, 0.25) is 0 Å². The van der Waals surface area contributed by atoms with Gasteiger partial charge >= 0.3 is 0 Å². The number of nitrogens with one attached hydrogen (secondary N) is 3. The summed E-state index contributed by atoms with van der Waals surface area (Å²) in [7, 11) is 0. The molecule has 8 heteroatoms. The number of rotatable bonds is 8. The molecule has 1 amide bonds. The quantitative estimate of drug-likeness (QED) is 0.324. The van der Waals surface area contributed by atoms with E-state index in [0.717, 1.165) is 49.8 Å². The fourth-order valence-electron chi connectivity index (χ4n) is 2.76. The number of hydrogen-bond acceptors (Lipinski definition) is 4. The fraction of sp³-hybridized carbons (Fsp3) is 0.579. The number of nitrogens with zero attached hydrogens (tertiary/aromatic N) is 2. The number of carbonyl (C=O) groups is 1. The predicted molar refractivity (Wildman–Crippen MR) is 112 cm³/mol. The molecule has 2 rings (SSSR count). The summed E-state index contributed by atoms with van der Waals surface area (Å²) in [6.45, 7) is 10.4. The largest absolute Gasteiger partial charge is 0.379 e. The highest BCUT2D eigenvalue weighted by atomic mass is 79.9. The Morgan fingerprint density at radius 3 is 2.52 bits per heavy atom. The third kappa shape index (κ3) is 7.86. The van der Waals surface area contributed by atoms with Gasteiger partial charge in [0, 0.05) is 48.8 Å². The van der Waals surface area contributed by atoms with E-state index in [2.05, 4.69) is 48.7 Å². The first-order valence-corrected chi connectivity index (χ1v) is 10.3. The minimum absolute atomic E-state index is 0.0767. The monoisotopic (exact) mass is 439 g/mol. The van der Waals surface area contributed by atoms with Gasteiger partial charge in [-0.25, -0.2) is 0 Å². The maximum Gasteiger partial charge on any atom is 0.251 e. The zero-order valence-electron chi connectivity index (χ0n) is 16.1. The zero-order valence-corrected chi connectivity index (χ0v) is 17.7. The smallest absolute Gasteiger partial charge is 0.251 e. The van der Waals surface area contributed by atoms with Crippen LogP contribution in [0.15, 0.2) is 33.7 Å². The second kappa shape index (κ2) is 11.9. The summed E-state index contributed by atoms with van der Waals surface area (Å²) in [5.41, 5.74) is 0.651. The molecule has 1 aromatic carbocycles. The molecule has 1 unspecified atom stereocenters. The fourth-order valence-corrected chi connectivity index (χ4v) is 3.02. The molecule has 1 heterocycles. The van der Waals surface area contributed by atoms with Gasteiger partial charge in [0.1, 0.15) is 0 Å². The van der Waals surface area contributed by atoms with Gasteiger partial charge < -0.3 is 20.7 Å². The van der Waals surface area contributed by atoms with E-state index in [9.17, 15) is 4.79 Å². The topological polar surface area (TPSA) is 78.0 Å². The molecule has 0 radical (unpaired) electrons. The summed E-state index contributed by atoms with van der Waals surface area (Å²) >= 11 is 3.37. The minimum Gasteiger partial charge on any atom is -0.379 e. The Labute approximate surface area is 170 Å². The number of ether oxygens (including phenoxy) is 1. The second-order valence-electron chi connectivity index (χ2n) is 6.41. The summed E-state index contributed by atoms with van der Waals surface area (Å²) in [6.07, 6.45) is 0. The van der Waals surface area contributed by atoms with Gasteiger partial charge in [0.25, 0.3) is 5.91 Å². The van der Waals surface area contributed by atoms with Crippen molar-refractivity contribution in [1.29, 1.82) is 0 Å². The van der Waals surface area contributed by atoms with Crippen molar-refractivity contribution in [3.05, 3.63) is 34.3 Å². The normalized spacial score (nSPS) is 16.6. The van der Waals surface area contributed by atoms with Crippen LogP contribution in [-0.4, -0.2) is 75.3 Å². The van der Waals surface area contributed by atoms with E-state index >= 15 is 0 Å². The zero-order chi connectivity index (χ0) is 19.5. The molecule has 1 aromatic rings. The summed E-state index contributed by atoms with van der Waals surface area (Å²) in [5, 5.41) is 9.42. The van der Waals surface area contributed by atoms with Gasteiger partial charge in [0.15, 0.2) is 5.96 Å². The lowest BCUT2D eigenvalue weighted by molar-refractivity contribution is 0.0220. The van der Waals surface area contributed by atoms with Gasteiger partial charge in [-0.05, 0) is 38.1 Å². The van der Waals surface area contributed by atoms with Crippen molar-refractivity contribution in [3.63, 3.8) is 0 Å². The van der Waals surface area contributed by atoms with Crippen LogP contribution < -0.4 is 16.0 Å². The average molecular weight is 440 g/mol. The van der Waals surface area contributed by atoms with Crippen molar-refractivity contribution in [2.24, 2.45) is 4.99 Å². The van der Waals surface area contributed by atoms with Gasteiger partial charge in [-0.1, -0.05) is 15.9 Å². The van der Waals surface area contributed by atoms with Crippen molar-refractivity contribution in [3.8, 4) is 0 Å². The molecule has 1 aliphatic rings. The third-order valence-electron chi connectivity index (χ3n) is 4.34. The summed E-state index contributed by atoms with van der Waals surface area (Å²) < 4.78 is 6.35. The number of guanidine groups is 1. The van der Waals surface area contributed by atoms with Crippen LogP contribution in [0.25, 0.3) is 0 Å². The first-order chi connectivity index (χ1) is 13.1. The summed E-state index contributed by atoms with van der Waals surface area (Å²) in [4.78, 5) is 19.2. The van der Waals surface area contributed by atoms with Crippen molar-refractivity contribution >= 4 is 27.8 Å². The van der Waals surface area contributed by atoms with Gasteiger partial charge in [-0.2, -0.15) is 0 Å². The van der Waals surface area contributed by atoms with E-state index in [1.54, 1.807) is 12.1 Å². The molecular formula is C19H30BrN5O2. The number of morpholine rings is 1. The average Bonchev–Trinajstić information content (AvgIpc) is 2.70. The van der Waals surface area contributed by atoms with Crippen LogP contribution in [0.3, 0.4) is 0 Å². The number of amides is 1. The van der Waals surface area contributed by atoms with E-state index in [-0.39, 0.29) is 5.91 Å². The molecule has 27 heavy (non-hydrogen) atoms. The number of aliphatic imine (C=N–C) groups is 1. The van der Waals surface area contributed by atoms with Crippen molar-refractivity contribution in [1.82, 2.24) is 20.9 Å². The first kappa shape index (κ1) is 21.7. The van der Waals surface area contributed by atoms with Crippen LogP contribution in [0.5, 0.6) is 0 Å². The van der Waals surface area contributed by atoms with Crippen LogP contribution in [0.2, 0.25) is 0 Å². The molecule has 7 nitrogen and oxygen atoms in total. The van der Waals surface area contributed by atoms with Crippen LogP contribution in [0.4, 0.5) is 0 Å². The van der Waals surface area contributed by atoms with Crippen molar-refractivity contribution in [2.45, 2.75) is 19.9 Å². The SMILES string of the molecule is CCNC(=NCC(C)N1CCOCC1)NCCNC(=O)c1ccc(Br)cc1. The van der Waals surface area contributed by atoms with Crippen molar-refractivity contribution in [2.75, 3.05) is 52.5 Å². The maximum absolute atomic E-state index is 12.1. The summed E-state index contributed by atoms with van der Waals surface area (Å²) in [6, 6.07) is 7.69. The van der Waals surface area contributed by atoms with Crippen LogP contribution >= 0.6 is 15.9 Å². The molecule has 3 N–H and O–H groups in total. The molecule has 0 spiro atoms. The molecule has 150 valence electrons. The molecule has 1 saturated heterocycles. The van der Waals surface area contributed by atoms with Crippen LogP contribution in [-0.2, 0) is 4.74 Å². The maximum atomic E-state index is 12.1. The number of halogens is 1. The lowest BCUT2D eigenvalue weighted by Crippen LogP contribution is -2.45. The van der Waals surface area contributed by atoms with E-state index in [1.165, 1.54) is 0 Å². The highest BCUT2D eigenvalue weighted by Crippen LogP contribution is 2.10. The predicted octanol–water partition coefficient (Wildman–Crippen LogP) is 1.45. The van der Waals surface area contributed by atoms with Crippen LogP contribution in [0.1, 0.15) is 24.2 Å². The van der Waals surface area contributed by atoms with Gasteiger partial charge in [-0.3, -0.25) is 14.7 Å². The Kier molecular flexibility index (Phi) is 9.58. The molecule has 1 fully saturated rings. The highest BCUT2D eigenvalue weighted by Gasteiger charge is 2.16. The van der Waals surface area contributed by atoms with E-state index in [4.69, 9.17) is 4.74 Å². The summed E-state index contributed by atoms with van der Waals surface area (Å²) in [5.74, 6) is 0.697. The highest BCUT2D eigenvalue weighted by molar-refractivity contribution is 9.10. The number of hydrogen-bond donors (Lipinski definition) is 3. The lowest BCUT2D eigenvalue weighted by Gasteiger charge is -2.31. The number of benzene rings is 1. The molecule has 0 saturated carbocycles. The van der Waals surface area contributed by atoms with Gasteiger partial charge in [-0.15, -0.1) is 0 Å². The third-order valence-corrected chi connectivity index (χ3v) is 4.86. The minimum atomic E-state index is -0.0767. The Morgan fingerprint density at radius 2 is 1.85 bits per heavy atom. The molecule has 0 bridgehead atoms. The lowest BCUT2D eigenvalue weighted by atomic mass is 10.2. The molecule has 1 aliphatic heterocycles. The standard InChI is InChI=1S/C19H30BrN5O2/c1-3-21-19(24-14-15(2)25-10-12-27-13-11-25)23-9-8-22-18(26)16-4-6-17(20)7-5-16/h4-7,15H,3,8-14H2,1-2H3,(H,22,26)(H2,21,23,24). The Hall–Kier alpha value is -1.64. The molecule has 1 atom stereocenters. The molecule has 0 aliphatic carbocycles. The molecular weight excluding hydrogens is 410 g/mol. The van der Waals surface area contributed by atoms with E-state index in [0.29, 0.717) is 24.7 Å². The van der Waals surface area contributed by atoms with Gasteiger partial charge in [0.05, 0.1) is 19.8 Å². The first-order valence-electron chi connectivity index (χ1n) is 9.48. The number of carbonyl (C=O) groups excluding carboxylic acids is 1. The van der Waals surface area contributed by atoms with E-state index < -0.39 is 0 Å². The second-order valence-corrected chi connectivity index (χ2v) is 7.32. The van der Waals surface area contributed by atoms with E-state index in [1.807, 2.05) is 19.1 Å². The Morgan fingerprint density at radius 1 is 1.19 bits per heavy atom.